The van der Waals surface area contributed by atoms with E-state index in [9.17, 15) is 9.59 Å². The fourth-order valence-corrected chi connectivity index (χ4v) is 4.37. The van der Waals surface area contributed by atoms with E-state index in [0.29, 0.717) is 65.3 Å². The SMILES string of the molecule is CCN(Cc1cccc2c1OCCO2)C(=O)C1CCN(C(=O)CCOc2ccccc2)CC1. The number of nitrogens with zero attached hydrogens (tertiary/aromatic N) is 2. The summed E-state index contributed by atoms with van der Waals surface area (Å²) in [7, 11) is 0. The van der Waals surface area contributed by atoms with Crippen LogP contribution in [0.4, 0.5) is 0 Å². The number of piperidine rings is 1. The molecule has 2 aromatic rings. The van der Waals surface area contributed by atoms with Crippen LogP contribution < -0.4 is 14.2 Å². The van der Waals surface area contributed by atoms with E-state index in [4.69, 9.17) is 14.2 Å². The van der Waals surface area contributed by atoms with Gasteiger partial charge in [0.15, 0.2) is 11.5 Å². The van der Waals surface area contributed by atoms with E-state index in [0.717, 1.165) is 22.8 Å². The first kappa shape index (κ1) is 23.0. The first-order chi connectivity index (χ1) is 16.2. The highest BCUT2D eigenvalue weighted by molar-refractivity contribution is 5.80. The zero-order valence-corrected chi connectivity index (χ0v) is 19.2. The number of rotatable bonds is 8. The summed E-state index contributed by atoms with van der Waals surface area (Å²) in [6, 6.07) is 15.3. The highest BCUT2D eigenvalue weighted by Crippen LogP contribution is 2.34. The van der Waals surface area contributed by atoms with E-state index in [-0.39, 0.29) is 17.7 Å². The zero-order valence-electron chi connectivity index (χ0n) is 19.2. The lowest BCUT2D eigenvalue weighted by Gasteiger charge is -2.34. The predicted octanol–water partition coefficient (Wildman–Crippen LogP) is 3.51. The van der Waals surface area contributed by atoms with Crippen molar-refractivity contribution in [1.29, 1.82) is 0 Å². The molecule has 0 N–H and O–H groups in total. The Balaban J connectivity index is 1.26. The topological polar surface area (TPSA) is 68.3 Å². The lowest BCUT2D eigenvalue weighted by Crippen LogP contribution is -2.44. The predicted molar refractivity (Wildman–Crippen MR) is 124 cm³/mol. The van der Waals surface area contributed by atoms with Crippen LogP contribution in [0.15, 0.2) is 48.5 Å². The van der Waals surface area contributed by atoms with Crippen LogP contribution in [0.25, 0.3) is 0 Å². The van der Waals surface area contributed by atoms with Gasteiger partial charge in [-0.15, -0.1) is 0 Å². The van der Waals surface area contributed by atoms with E-state index in [1.165, 1.54) is 0 Å². The first-order valence-electron chi connectivity index (χ1n) is 11.8. The zero-order chi connectivity index (χ0) is 23.0. The molecule has 0 aromatic heterocycles. The second kappa shape index (κ2) is 11.1. The van der Waals surface area contributed by atoms with Crippen LogP contribution in [0.1, 0.15) is 31.7 Å². The van der Waals surface area contributed by atoms with Crippen LogP contribution in [0, 0.1) is 5.92 Å². The van der Waals surface area contributed by atoms with Gasteiger partial charge in [0.05, 0.1) is 13.0 Å². The first-order valence-corrected chi connectivity index (χ1v) is 11.8. The number of carbonyl (C=O) groups excluding carboxylic acids is 2. The van der Waals surface area contributed by atoms with Crippen molar-refractivity contribution in [2.45, 2.75) is 32.7 Å². The summed E-state index contributed by atoms with van der Waals surface area (Å²) < 4.78 is 17.1. The average molecular weight is 453 g/mol. The number of carbonyl (C=O) groups is 2. The molecule has 7 heteroatoms. The summed E-state index contributed by atoms with van der Waals surface area (Å²) in [6.45, 7) is 5.76. The maximum atomic E-state index is 13.2. The number of para-hydroxylation sites is 2. The van der Waals surface area contributed by atoms with Crippen molar-refractivity contribution in [1.82, 2.24) is 9.80 Å². The van der Waals surface area contributed by atoms with E-state index >= 15 is 0 Å². The third-order valence-electron chi connectivity index (χ3n) is 6.23. The van der Waals surface area contributed by atoms with Gasteiger partial charge in [0.2, 0.25) is 11.8 Å². The summed E-state index contributed by atoms with van der Waals surface area (Å²) in [5, 5.41) is 0. The maximum Gasteiger partial charge on any atom is 0.226 e. The largest absolute Gasteiger partial charge is 0.493 e. The lowest BCUT2D eigenvalue weighted by molar-refractivity contribution is -0.141. The molecule has 2 heterocycles. The van der Waals surface area contributed by atoms with E-state index < -0.39 is 0 Å². The number of ether oxygens (including phenoxy) is 3. The van der Waals surface area contributed by atoms with Gasteiger partial charge >= 0.3 is 0 Å². The molecule has 0 radical (unpaired) electrons. The Bertz CT molecular complexity index is 941. The van der Waals surface area contributed by atoms with Gasteiger partial charge in [-0.05, 0) is 38.0 Å². The van der Waals surface area contributed by atoms with Gasteiger partial charge in [-0.1, -0.05) is 30.3 Å². The summed E-state index contributed by atoms with van der Waals surface area (Å²) in [5.41, 5.74) is 0.966. The molecule has 1 saturated heterocycles. The number of likely N-dealkylation sites (tertiary alicyclic amines) is 1. The Hall–Kier alpha value is -3.22. The molecular weight excluding hydrogens is 420 g/mol. The Morgan fingerprint density at radius 1 is 1.03 bits per heavy atom. The van der Waals surface area contributed by atoms with Gasteiger partial charge in [0, 0.05) is 37.7 Å². The minimum absolute atomic E-state index is 0.0636. The van der Waals surface area contributed by atoms with Gasteiger partial charge < -0.3 is 24.0 Å². The average Bonchev–Trinajstić information content (AvgIpc) is 2.87. The Morgan fingerprint density at radius 3 is 2.55 bits per heavy atom. The second-order valence-electron chi connectivity index (χ2n) is 8.36. The molecule has 2 aliphatic heterocycles. The molecule has 0 unspecified atom stereocenters. The van der Waals surface area contributed by atoms with Crippen LogP contribution in [0.2, 0.25) is 0 Å². The van der Waals surface area contributed by atoms with Gasteiger partial charge in [0.25, 0.3) is 0 Å². The van der Waals surface area contributed by atoms with Crippen molar-refractivity contribution in [3.63, 3.8) is 0 Å². The van der Waals surface area contributed by atoms with Crippen molar-refractivity contribution < 1.29 is 23.8 Å². The molecule has 4 rings (SSSR count). The third-order valence-corrected chi connectivity index (χ3v) is 6.23. The smallest absolute Gasteiger partial charge is 0.226 e. The van der Waals surface area contributed by atoms with Gasteiger partial charge in [-0.3, -0.25) is 9.59 Å². The van der Waals surface area contributed by atoms with Crippen molar-refractivity contribution in [2.24, 2.45) is 5.92 Å². The minimum Gasteiger partial charge on any atom is -0.493 e. The Morgan fingerprint density at radius 2 is 1.79 bits per heavy atom. The maximum absolute atomic E-state index is 13.2. The van der Waals surface area contributed by atoms with Crippen molar-refractivity contribution >= 4 is 11.8 Å². The fourth-order valence-electron chi connectivity index (χ4n) is 4.37. The highest BCUT2D eigenvalue weighted by Gasteiger charge is 2.30. The number of fused-ring (bicyclic) bond motifs is 1. The Labute approximate surface area is 195 Å². The van der Waals surface area contributed by atoms with E-state index in [1.54, 1.807) is 0 Å². The number of hydrogen-bond acceptors (Lipinski definition) is 5. The van der Waals surface area contributed by atoms with Crippen molar-refractivity contribution in [3.05, 3.63) is 54.1 Å². The molecule has 2 aromatic carbocycles. The molecule has 176 valence electrons. The quantitative estimate of drug-likeness (QED) is 0.613. The summed E-state index contributed by atoms with van der Waals surface area (Å²) >= 11 is 0. The van der Waals surface area contributed by atoms with E-state index in [2.05, 4.69) is 0 Å². The van der Waals surface area contributed by atoms with Crippen LogP contribution >= 0.6 is 0 Å². The molecule has 0 aliphatic carbocycles. The Kier molecular flexibility index (Phi) is 7.70. The van der Waals surface area contributed by atoms with E-state index in [1.807, 2.05) is 65.3 Å². The van der Waals surface area contributed by atoms with Crippen LogP contribution in [0.3, 0.4) is 0 Å². The van der Waals surface area contributed by atoms with Gasteiger partial charge in [0.1, 0.15) is 19.0 Å². The molecule has 0 saturated carbocycles. The van der Waals surface area contributed by atoms with Gasteiger partial charge in [-0.2, -0.15) is 0 Å². The molecule has 33 heavy (non-hydrogen) atoms. The standard InChI is InChI=1S/C26H32N2O5/c1-2-27(19-21-7-6-10-23-25(21)33-18-17-32-23)26(30)20-11-14-28(15-12-20)24(29)13-16-31-22-8-4-3-5-9-22/h3-10,20H,2,11-19H2,1H3. The molecule has 1 fully saturated rings. The van der Waals surface area contributed by atoms with Crippen LogP contribution in [-0.4, -0.2) is 61.1 Å². The minimum atomic E-state index is -0.0636. The number of benzene rings is 2. The summed E-state index contributed by atoms with van der Waals surface area (Å²) in [5.74, 6) is 2.42. The second-order valence-corrected chi connectivity index (χ2v) is 8.36. The summed E-state index contributed by atoms with van der Waals surface area (Å²) in [6.07, 6.45) is 1.72. The molecule has 2 amide bonds. The third kappa shape index (κ3) is 5.78. The lowest BCUT2D eigenvalue weighted by atomic mass is 9.94. The molecule has 7 nitrogen and oxygen atoms in total. The van der Waals surface area contributed by atoms with Crippen LogP contribution in [0.5, 0.6) is 17.2 Å². The summed E-state index contributed by atoms with van der Waals surface area (Å²) in [4.78, 5) is 29.5. The van der Waals surface area contributed by atoms with Crippen LogP contribution in [-0.2, 0) is 16.1 Å². The number of amides is 2. The molecule has 0 spiro atoms. The van der Waals surface area contributed by atoms with Gasteiger partial charge in [-0.25, -0.2) is 0 Å². The highest BCUT2D eigenvalue weighted by atomic mass is 16.6. The molecule has 0 bridgehead atoms. The van der Waals surface area contributed by atoms with Crippen molar-refractivity contribution in [2.75, 3.05) is 39.5 Å². The fraction of sp³-hybridized carbons (Fsp3) is 0.462. The monoisotopic (exact) mass is 452 g/mol. The van der Waals surface area contributed by atoms with Crippen molar-refractivity contribution in [3.8, 4) is 17.2 Å². The molecule has 2 aliphatic rings. The number of hydrogen-bond donors (Lipinski definition) is 0. The molecular formula is C26H32N2O5. The normalized spacial score (nSPS) is 15.7. The molecule has 0 atom stereocenters.